The molecule has 0 unspecified atom stereocenters. The Hall–Kier alpha value is -3.06. The summed E-state index contributed by atoms with van der Waals surface area (Å²) in [5.41, 5.74) is 2.73. The maximum absolute atomic E-state index is 12.9. The van der Waals surface area contributed by atoms with Crippen molar-refractivity contribution in [3.05, 3.63) is 53.6 Å². The van der Waals surface area contributed by atoms with Gasteiger partial charge in [0.1, 0.15) is 5.75 Å². The van der Waals surface area contributed by atoms with Crippen LogP contribution in [0.1, 0.15) is 37.8 Å². The zero-order chi connectivity index (χ0) is 23.6. The highest BCUT2D eigenvalue weighted by Gasteiger charge is 2.22. The van der Waals surface area contributed by atoms with Gasteiger partial charge in [-0.15, -0.1) is 0 Å². The van der Waals surface area contributed by atoms with Crippen molar-refractivity contribution in [2.45, 2.75) is 33.1 Å². The lowest BCUT2D eigenvalue weighted by Gasteiger charge is -2.17. The van der Waals surface area contributed by atoms with Crippen LogP contribution < -0.4 is 14.2 Å². The first-order chi connectivity index (χ1) is 16.1. The molecule has 7 heteroatoms. The smallest absolute Gasteiger partial charge is 0.247 e. The van der Waals surface area contributed by atoms with Crippen LogP contribution in [0, 0.1) is 0 Å². The summed E-state index contributed by atoms with van der Waals surface area (Å²) in [4.78, 5) is 15.2. The number of carbonyl (C=O) groups excluding carboxylic acids is 1. The van der Waals surface area contributed by atoms with Crippen LogP contribution in [0.15, 0.2) is 47.6 Å². The average molecular weight is 454 g/mol. The van der Waals surface area contributed by atoms with Gasteiger partial charge < -0.3 is 19.1 Å². The zero-order valence-corrected chi connectivity index (χ0v) is 20.2. The SMILES string of the molecule is CCN(CC)CCCOc1cccc(CC(=O)N2CCC(c3ccc(OC)c(OC)c3)=N2)c1. The van der Waals surface area contributed by atoms with E-state index >= 15 is 0 Å². The molecule has 1 amide bonds. The molecule has 0 N–H and O–H groups in total. The molecule has 2 aromatic carbocycles. The van der Waals surface area contributed by atoms with Gasteiger partial charge in [-0.1, -0.05) is 26.0 Å². The minimum Gasteiger partial charge on any atom is -0.494 e. The van der Waals surface area contributed by atoms with Gasteiger partial charge >= 0.3 is 0 Å². The lowest BCUT2D eigenvalue weighted by molar-refractivity contribution is -0.130. The van der Waals surface area contributed by atoms with Crippen molar-refractivity contribution in [1.29, 1.82) is 0 Å². The number of ether oxygens (including phenoxy) is 3. The number of nitrogens with zero attached hydrogens (tertiary/aromatic N) is 3. The molecule has 2 aromatic rings. The molecule has 0 saturated heterocycles. The van der Waals surface area contributed by atoms with Crippen molar-refractivity contribution >= 4 is 11.6 Å². The van der Waals surface area contributed by atoms with Crippen molar-refractivity contribution in [1.82, 2.24) is 9.91 Å². The Labute approximate surface area is 196 Å². The van der Waals surface area contributed by atoms with Crippen LogP contribution in [0.2, 0.25) is 0 Å². The summed E-state index contributed by atoms with van der Waals surface area (Å²) >= 11 is 0. The number of hydrazone groups is 1. The first kappa shape index (κ1) is 24.6. The fraction of sp³-hybridized carbons (Fsp3) is 0.462. The predicted octanol–water partition coefficient (Wildman–Crippen LogP) is 3.99. The van der Waals surface area contributed by atoms with Gasteiger partial charge in [-0.25, -0.2) is 5.01 Å². The van der Waals surface area contributed by atoms with Gasteiger partial charge in [0, 0.05) is 18.5 Å². The highest BCUT2D eigenvalue weighted by atomic mass is 16.5. The summed E-state index contributed by atoms with van der Waals surface area (Å²) in [6.07, 6.45) is 1.97. The summed E-state index contributed by atoms with van der Waals surface area (Å²) in [6, 6.07) is 13.5. The first-order valence-corrected chi connectivity index (χ1v) is 11.6. The van der Waals surface area contributed by atoms with Gasteiger partial charge in [-0.05, 0) is 55.4 Å². The number of amides is 1. The summed E-state index contributed by atoms with van der Waals surface area (Å²) in [6.45, 7) is 8.73. The van der Waals surface area contributed by atoms with Gasteiger partial charge in [0.05, 0.1) is 39.5 Å². The molecule has 178 valence electrons. The van der Waals surface area contributed by atoms with E-state index in [1.54, 1.807) is 19.2 Å². The molecule has 7 nitrogen and oxygen atoms in total. The summed E-state index contributed by atoms with van der Waals surface area (Å²) in [5.74, 6) is 2.10. The fourth-order valence-electron chi connectivity index (χ4n) is 3.88. The van der Waals surface area contributed by atoms with Crippen molar-refractivity contribution < 1.29 is 19.0 Å². The van der Waals surface area contributed by atoms with E-state index in [-0.39, 0.29) is 5.91 Å². The maximum Gasteiger partial charge on any atom is 0.247 e. The van der Waals surface area contributed by atoms with Crippen LogP contribution in [0.5, 0.6) is 17.2 Å². The van der Waals surface area contributed by atoms with Crippen LogP contribution in [0.25, 0.3) is 0 Å². The van der Waals surface area contributed by atoms with E-state index in [1.165, 1.54) is 0 Å². The summed E-state index contributed by atoms with van der Waals surface area (Å²) < 4.78 is 16.6. The van der Waals surface area contributed by atoms with Crippen molar-refractivity contribution in [2.75, 3.05) is 47.0 Å². The van der Waals surface area contributed by atoms with Gasteiger partial charge in [0.25, 0.3) is 0 Å². The van der Waals surface area contributed by atoms with E-state index in [4.69, 9.17) is 14.2 Å². The Kier molecular flexibility index (Phi) is 9.13. The largest absolute Gasteiger partial charge is 0.494 e. The molecular weight excluding hydrogens is 418 g/mol. The number of rotatable bonds is 12. The minimum absolute atomic E-state index is 0.0239. The third kappa shape index (κ3) is 6.71. The molecule has 0 saturated carbocycles. The van der Waals surface area contributed by atoms with Crippen molar-refractivity contribution in [3.8, 4) is 17.2 Å². The molecule has 0 aliphatic carbocycles. The number of hydrogen-bond acceptors (Lipinski definition) is 6. The third-order valence-corrected chi connectivity index (χ3v) is 5.84. The molecule has 0 atom stereocenters. The Morgan fingerprint density at radius 3 is 2.58 bits per heavy atom. The van der Waals surface area contributed by atoms with E-state index < -0.39 is 0 Å². The molecule has 0 radical (unpaired) electrons. The van der Waals surface area contributed by atoms with Crippen molar-refractivity contribution in [2.24, 2.45) is 5.10 Å². The molecule has 0 bridgehead atoms. The van der Waals surface area contributed by atoms with E-state index in [2.05, 4.69) is 23.8 Å². The molecular formula is C26H35N3O4. The Morgan fingerprint density at radius 1 is 1.06 bits per heavy atom. The molecule has 1 aliphatic rings. The Bertz CT molecular complexity index is 956. The fourth-order valence-corrected chi connectivity index (χ4v) is 3.88. The van der Waals surface area contributed by atoms with Gasteiger partial charge in [-0.2, -0.15) is 5.10 Å². The molecule has 0 aromatic heterocycles. The number of carbonyl (C=O) groups is 1. The molecule has 33 heavy (non-hydrogen) atoms. The lowest BCUT2D eigenvalue weighted by atomic mass is 10.1. The lowest BCUT2D eigenvalue weighted by Crippen LogP contribution is -2.25. The monoisotopic (exact) mass is 453 g/mol. The van der Waals surface area contributed by atoms with Crippen LogP contribution in [-0.4, -0.2) is 68.5 Å². The second-order valence-electron chi connectivity index (χ2n) is 7.94. The number of methoxy groups -OCH3 is 2. The Morgan fingerprint density at radius 2 is 1.85 bits per heavy atom. The standard InChI is InChI=1S/C26H35N3O4/c1-5-28(6-2)14-8-16-33-22-10-7-9-20(17-22)18-26(30)29-15-13-23(27-29)21-11-12-24(31-3)25(19-21)32-4/h7,9-12,17,19H,5-6,8,13-16,18H2,1-4H3. The molecule has 0 fully saturated rings. The molecule has 3 rings (SSSR count). The molecule has 1 heterocycles. The van der Waals surface area contributed by atoms with Crippen LogP contribution in [-0.2, 0) is 11.2 Å². The van der Waals surface area contributed by atoms with Gasteiger partial charge in [-0.3, -0.25) is 4.79 Å². The second-order valence-corrected chi connectivity index (χ2v) is 7.94. The molecule has 0 spiro atoms. The van der Waals surface area contributed by atoms with E-state index in [9.17, 15) is 4.79 Å². The van der Waals surface area contributed by atoms with E-state index in [1.807, 2.05) is 42.5 Å². The summed E-state index contributed by atoms with van der Waals surface area (Å²) in [5, 5.41) is 6.13. The quantitative estimate of drug-likeness (QED) is 0.455. The topological polar surface area (TPSA) is 63.6 Å². The average Bonchev–Trinajstić information content (AvgIpc) is 3.34. The van der Waals surface area contributed by atoms with Gasteiger partial charge in [0.15, 0.2) is 11.5 Å². The normalized spacial score (nSPS) is 13.2. The maximum atomic E-state index is 12.9. The Balaban J connectivity index is 1.56. The summed E-state index contributed by atoms with van der Waals surface area (Å²) in [7, 11) is 3.22. The third-order valence-electron chi connectivity index (χ3n) is 5.84. The highest BCUT2D eigenvalue weighted by Crippen LogP contribution is 2.29. The van der Waals surface area contributed by atoms with E-state index in [0.29, 0.717) is 37.5 Å². The minimum atomic E-state index is -0.0239. The number of benzene rings is 2. The van der Waals surface area contributed by atoms with Crippen LogP contribution in [0.3, 0.4) is 0 Å². The second kappa shape index (κ2) is 12.3. The van der Waals surface area contributed by atoms with Crippen LogP contribution >= 0.6 is 0 Å². The highest BCUT2D eigenvalue weighted by molar-refractivity contribution is 6.03. The van der Waals surface area contributed by atoms with Crippen molar-refractivity contribution in [3.63, 3.8) is 0 Å². The molecule has 1 aliphatic heterocycles. The number of hydrogen-bond donors (Lipinski definition) is 0. The van der Waals surface area contributed by atoms with E-state index in [0.717, 1.165) is 48.6 Å². The van der Waals surface area contributed by atoms with Gasteiger partial charge in [0.2, 0.25) is 5.91 Å². The first-order valence-electron chi connectivity index (χ1n) is 11.6. The zero-order valence-electron chi connectivity index (χ0n) is 20.2. The van der Waals surface area contributed by atoms with Crippen LogP contribution in [0.4, 0.5) is 0 Å². The predicted molar refractivity (Wildman–Crippen MR) is 130 cm³/mol.